The number of nitrogens with one attached hydrogen (secondary N) is 2. The van der Waals surface area contributed by atoms with E-state index in [2.05, 4.69) is 17.6 Å². The maximum atomic E-state index is 6.31. The van der Waals surface area contributed by atoms with Gasteiger partial charge in [-0.05, 0) is 44.7 Å². The number of nitrogens with zero attached hydrogens (tertiary/aromatic N) is 1. The van der Waals surface area contributed by atoms with Gasteiger partial charge in [0.05, 0.1) is 25.4 Å². The second kappa shape index (κ2) is 11.4. The molecule has 0 atom stereocenters. The van der Waals surface area contributed by atoms with Gasteiger partial charge < -0.3 is 29.6 Å². The molecular formula is C23H37N3O4. The van der Waals surface area contributed by atoms with Crippen molar-refractivity contribution < 1.29 is 18.9 Å². The first kappa shape index (κ1) is 22.7. The molecule has 2 aliphatic rings. The van der Waals surface area contributed by atoms with E-state index in [1.807, 2.05) is 18.2 Å². The number of rotatable bonds is 9. The Morgan fingerprint density at radius 2 is 1.93 bits per heavy atom. The van der Waals surface area contributed by atoms with Crippen LogP contribution in [0, 0.1) is 0 Å². The third-order valence-electron chi connectivity index (χ3n) is 6.04. The SMILES string of the molecule is CCNC(=NCc1ccc(OC)cc1OC1CCCC1)NCC1(OC)CCOCC1. The Bertz CT molecular complexity index is 683. The van der Waals surface area contributed by atoms with Crippen LogP contribution in [0.15, 0.2) is 23.2 Å². The lowest BCUT2D eigenvalue weighted by Crippen LogP contribution is -2.50. The monoisotopic (exact) mass is 419 g/mol. The number of guanidine groups is 1. The van der Waals surface area contributed by atoms with Gasteiger partial charge in [-0.3, -0.25) is 0 Å². The molecule has 1 aromatic carbocycles. The summed E-state index contributed by atoms with van der Waals surface area (Å²) in [6, 6.07) is 5.99. The molecule has 1 saturated heterocycles. The summed E-state index contributed by atoms with van der Waals surface area (Å²) in [7, 11) is 3.46. The zero-order valence-electron chi connectivity index (χ0n) is 18.7. The fraction of sp³-hybridized carbons (Fsp3) is 0.696. The second-order valence-corrected chi connectivity index (χ2v) is 8.05. The zero-order chi connectivity index (χ0) is 21.2. The van der Waals surface area contributed by atoms with Gasteiger partial charge in [0.2, 0.25) is 0 Å². The van der Waals surface area contributed by atoms with E-state index in [1.54, 1.807) is 14.2 Å². The van der Waals surface area contributed by atoms with Crippen LogP contribution in [0.1, 0.15) is 51.0 Å². The minimum atomic E-state index is -0.203. The molecule has 7 heteroatoms. The van der Waals surface area contributed by atoms with E-state index in [4.69, 9.17) is 23.9 Å². The molecule has 0 bridgehead atoms. The number of ether oxygens (including phenoxy) is 4. The van der Waals surface area contributed by atoms with E-state index in [1.165, 1.54) is 12.8 Å². The van der Waals surface area contributed by atoms with Crippen molar-refractivity contribution in [1.82, 2.24) is 10.6 Å². The van der Waals surface area contributed by atoms with E-state index >= 15 is 0 Å². The largest absolute Gasteiger partial charge is 0.497 e. The summed E-state index contributed by atoms with van der Waals surface area (Å²) < 4.78 is 23.0. The molecule has 7 nitrogen and oxygen atoms in total. The first-order valence-electron chi connectivity index (χ1n) is 11.2. The van der Waals surface area contributed by atoms with Crippen LogP contribution in [0.2, 0.25) is 0 Å². The molecule has 168 valence electrons. The Balaban J connectivity index is 1.68. The molecule has 1 saturated carbocycles. The van der Waals surface area contributed by atoms with Gasteiger partial charge in [0.1, 0.15) is 11.5 Å². The lowest BCUT2D eigenvalue weighted by Gasteiger charge is -2.36. The molecule has 0 aromatic heterocycles. The van der Waals surface area contributed by atoms with Crippen LogP contribution in [-0.2, 0) is 16.0 Å². The van der Waals surface area contributed by atoms with Gasteiger partial charge in [0.15, 0.2) is 5.96 Å². The predicted octanol–water partition coefficient (Wildman–Crippen LogP) is 3.27. The van der Waals surface area contributed by atoms with Crippen molar-refractivity contribution >= 4 is 5.96 Å². The van der Waals surface area contributed by atoms with E-state index in [0.29, 0.717) is 19.2 Å². The second-order valence-electron chi connectivity index (χ2n) is 8.05. The first-order chi connectivity index (χ1) is 14.7. The third-order valence-corrected chi connectivity index (χ3v) is 6.04. The van der Waals surface area contributed by atoms with E-state index < -0.39 is 0 Å². The van der Waals surface area contributed by atoms with Crippen LogP contribution >= 0.6 is 0 Å². The van der Waals surface area contributed by atoms with Crippen LogP contribution in [0.4, 0.5) is 0 Å². The van der Waals surface area contributed by atoms with Gasteiger partial charge in [-0.15, -0.1) is 0 Å². The summed E-state index contributed by atoms with van der Waals surface area (Å²) >= 11 is 0. The quantitative estimate of drug-likeness (QED) is 0.473. The molecule has 3 rings (SSSR count). The first-order valence-corrected chi connectivity index (χ1v) is 11.2. The van der Waals surface area contributed by atoms with Crippen LogP contribution in [-0.4, -0.2) is 58.2 Å². The highest BCUT2D eigenvalue weighted by molar-refractivity contribution is 5.79. The van der Waals surface area contributed by atoms with Crippen molar-refractivity contribution in [3.05, 3.63) is 23.8 Å². The standard InChI is InChI=1S/C23H37N3O4/c1-4-24-22(26-17-23(28-3)11-13-29-14-12-23)25-16-18-9-10-20(27-2)15-21(18)30-19-7-5-6-8-19/h9-10,15,19H,4-8,11-14,16-17H2,1-3H3,(H2,24,25,26). The molecule has 30 heavy (non-hydrogen) atoms. The van der Waals surface area contributed by atoms with E-state index in [0.717, 1.165) is 68.5 Å². The van der Waals surface area contributed by atoms with Crippen LogP contribution < -0.4 is 20.1 Å². The molecule has 1 aliphatic heterocycles. The van der Waals surface area contributed by atoms with Crippen molar-refractivity contribution in [3.63, 3.8) is 0 Å². The Morgan fingerprint density at radius 3 is 2.60 bits per heavy atom. The summed E-state index contributed by atoms with van der Waals surface area (Å²) in [5, 5.41) is 6.80. The van der Waals surface area contributed by atoms with Crippen LogP contribution in [0.25, 0.3) is 0 Å². The van der Waals surface area contributed by atoms with Crippen molar-refractivity contribution in [3.8, 4) is 11.5 Å². The average molecular weight is 420 g/mol. The predicted molar refractivity (Wildman–Crippen MR) is 118 cm³/mol. The summed E-state index contributed by atoms with van der Waals surface area (Å²) in [5.74, 6) is 2.46. The van der Waals surface area contributed by atoms with Gasteiger partial charge in [-0.2, -0.15) is 0 Å². The molecule has 2 N–H and O–H groups in total. The molecule has 1 heterocycles. The number of benzene rings is 1. The van der Waals surface area contributed by atoms with Gasteiger partial charge >= 0.3 is 0 Å². The summed E-state index contributed by atoms with van der Waals surface area (Å²) in [5.41, 5.74) is 0.859. The third kappa shape index (κ3) is 6.25. The smallest absolute Gasteiger partial charge is 0.191 e. The maximum Gasteiger partial charge on any atom is 0.191 e. The molecular weight excluding hydrogens is 382 g/mol. The lowest BCUT2D eigenvalue weighted by molar-refractivity contribution is -0.0855. The lowest BCUT2D eigenvalue weighted by atomic mass is 9.94. The minimum Gasteiger partial charge on any atom is -0.497 e. The molecule has 1 aromatic rings. The fourth-order valence-corrected chi connectivity index (χ4v) is 4.04. The van der Waals surface area contributed by atoms with E-state index in [9.17, 15) is 0 Å². The number of hydrogen-bond donors (Lipinski definition) is 2. The highest BCUT2D eigenvalue weighted by Crippen LogP contribution is 2.30. The van der Waals surface area contributed by atoms with Gasteiger partial charge in [-0.25, -0.2) is 4.99 Å². The van der Waals surface area contributed by atoms with Crippen LogP contribution in [0.5, 0.6) is 11.5 Å². The van der Waals surface area contributed by atoms with Crippen LogP contribution in [0.3, 0.4) is 0 Å². The van der Waals surface area contributed by atoms with Crippen molar-refractivity contribution in [1.29, 1.82) is 0 Å². The molecule has 0 amide bonds. The summed E-state index contributed by atoms with van der Waals surface area (Å²) in [6.45, 7) is 5.56. The summed E-state index contributed by atoms with van der Waals surface area (Å²) in [6.07, 6.45) is 6.77. The van der Waals surface area contributed by atoms with E-state index in [-0.39, 0.29) is 5.60 Å². The molecule has 1 aliphatic carbocycles. The Kier molecular flexibility index (Phi) is 8.63. The fourth-order valence-electron chi connectivity index (χ4n) is 4.04. The number of methoxy groups -OCH3 is 2. The van der Waals surface area contributed by atoms with Crippen molar-refractivity contribution in [2.75, 3.05) is 40.5 Å². The Morgan fingerprint density at radius 1 is 1.17 bits per heavy atom. The molecule has 2 fully saturated rings. The molecule has 0 unspecified atom stereocenters. The van der Waals surface area contributed by atoms with Gasteiger partial charge in [-0.1, -0.05) is 0 Å². The zero-order valence-corrected chi connectivity index (χ0v) is 18.7. The Hall–Kier alpha value is -1.99. The minimum absolute atomic E-state index is 0.203. The van der Waals surface area contributed by atoms with Crippen molar-refractivity contribution in [2.45, 2.75) is 63.7 Å². The molecule has 0 spiro atoms. The van der Waals surface area contributed by atoms with Crippen molar-refractivity contribution in [2.24, 2.45) is 4.99 Å². The number of hydrogen-bond acceptors (Lipinski definition) is 5. The normalized spacial score (nSPS) is 19.5. The topological polar surface area (TPSA) is 73.3 Å². The highest BCUT2D eigenvalue weighted by Gasteiger charge is 2.32. The maximum absolute atomic E-state index is 6.31. The molecule has 0 radical (unpaired) electrons. The average Bonchev–Trinajstić information content (AvgIpc) is 3.30. The Labute approximate surface area is 180 Å². The number of aliphatic imine (C=N–C) groups is 1. The highest BCUT2D eigenvalue weighted by atomic mass is 16.5. The summed E-state index contributed by atoms with van der Waals surface area (Å²) in [4.78, 5) is 4.81. The van der Waals surface area contributed by atoms with Gasteiger partial charge in [0.25, 0.3) is 0 Å². The van der Waals surface area contributed by atoms with Gasteiger partial charge in [0, 0.05) is 57.9 Å².